The zero-order chi connectivity index (χ0) is 11.3. The molecular weight excluding hydrogens is 254 g/mol. The van der Waals surface area contributed by atoms with Gasteiger partial charge in [0.05, 0.1) is 7.11 Å². The van der Waals surface area contributed by atoms with Gasteiger partial charge in [-0.05, 0) is 36.7 Å². The fourth-order valence-corrected chi connectivity index (χ4v) is 1.85. The number of ether oxygens (including phenoxy) is 1. The Kier molecular flexibility index (Phi) is 5.12. The highest BCUT2D eigenvalue weighted by molar-refractivity contribution is 9.10. The largest absolute Gasteiger partial charge is 0.496 e. The number of halogens is 1. The minimum absolute atomic E-state index is 0.531. The summed E-state index contributed by atoms with van der Waals surface area (Å²) >= 11 is 3.47. The lowest BCUT2D eigenvalue weighted by atomic mass is 10.1. The Bertz CT molecular complexity index is 312. The Morgan fingerprint density at radius 3 is 2.73 bits per heavy atom. The van der Waals surface area contributed by atoms with Crippen molar-refractivity contribution in [2.75, 3.05) is 13.7 Å². The van der Waals surface area contributed by atoms with Crippen LogP contribution in [-0.2, 0) is 6.42 Å². The molecule has 2 nitrogen and oxygen atoms in total. The molecule has 0 heterocycles. The molecule has 0 atom stereocenters. The summed E-state index contributed by atoms with van der Waals surface area (Å²) in [5.74, 6) is 0.962. The van der Waals surface area contributed by atoms with Gasteiger partial charge in [-0.15, -0.1) is 0 Å². The van der Waals surface area contributed by atoms with E-state index in [1.165, 1.54) is 5.56 Å². The summed E-state index contributed by atoms with van der Waals surface area (Å²) in [7, 11) is 1.71. The van der Waals surface area contributed by atoms with E-state index in [9.17, 15) is 0 Å². The molecule has 0 aliphatic rings. The maximum atomic E-state index is 5.31. The SMILES string of the molecule is COc1ccc(Br)cc1CCNC(C)C. The number of methoxy groups -OCH3 is 1. The van der Waals surface area contributed by atoms with Gasteiger partial charge >= 0.3 is 0 Å². The lowest BCUT2D eigenvalue weighted by Crippen LogP contribution is -2.25. The molecule has 1 aromatic carbocycles. The van der Waals surface area contributed by atoms with Crippen LogP contribution >= 0.6 is 15.9 Å². The summed E-state index contributed by atoms with van der Waals surface area (Å²) in [6, 6.07) is 6.64. The van der Waals surface area contributed by atoms with Crippen molar-refractivity contribution in [3.8, 4) is 5.75 Å². The Morgan fingerprint density at radius 2 is 2.13 bits per heavy atom. The molecule has 3 heteroatoms. The summed E-state index contributed by atoms with van der Waals surface area (Å²) in [6.07, 6.45) is 0.987. The van der Waals surface area contributed by atoms with E-state index in [-0.39, 0.29) is 0 Å². The maximum absolute atomic E-state index is 5.31. The van der Waals surface area contributed by atoms with Gasteiger partial charge in [-0.25, -0.2) is 0 Å². The molecular formula is C12H18BrNO. The molecule has 0 aliphatic carbocycles. The monoisotopic (exact) mass is 271 g/mol. The predicted molar refractivity (Wildman–Crippen MR) is 67.5 cm³/mol. The first-order valence-electron chi connectivity index (χ1n) is 5.19. The lowest BCUT2D eigenvalue weighted by Gasteiger charge is -2.11. The normalized spacial score (nSPS) is 10.7. The van der Waals surface area contributed by atoms with Crippen LogP contribution < -0.4 is 10.1 Å². The van der Waals surface area contributed by atoms with Gasteiger partial charge in [-0.1, -0.05) is 29.8 Å². The van der Waals surface area contributed by atoms with Crippen LogP contribution in [0.1, 0.15) is 19.4 Å². The predicted octanol–water partition coefficient (Wildman–Crippen LogP) is 3.00. The molecule has 84 valence electrons. The molecule has 0 unspecified atom stereocenters. The van der Waals surface area contributed by atoms with E-state index in [4.69, 9.17) is 4.74 Å². The number of rotatable bonds is 5. The summed E-state index contributed by atoms with van der Waals surface area (Å²) in [5, 5.41) is 3.39. The van der Waals surface area contributed by atoms with E-state index in [0.29, 0.717) is 6.04 Å². The molecule has 0 saturated carbocycles. The first-order chi connectivity index (χ1) is 7.13. The van der Waals surface area contributed by atoms with Gasteiger partial charge in [0, 0.05) is 10.5 Å². The Hall–Kier alpha value is -0.540. The average Bonchev–Trinajstić information content (AvgIpc) is 2.17. The quantitative estimate of drug-likeness (QED) is 0.889. The van der Waals surface area contributed by atoms with Crippen LogP contribution in [0, 0.1) is 0 Å². The Labute approximate surface area is 100 Å². The second-order valence-electron chi connectivity index (χ2n) is 3.81. The van der Waals surface area contributed by atoms with Crippen LogP contribution in [0.15, 0.2) is 22.7 Å². The summed E-state index contributed by atoms with van der Waals surface area (Å²) in [4.78, 5) is 0. The Morgan fingerprint density at radius 1 is 1.40 bits per heavy atom. The van der Waals surface area contributed by atoms with Gasteiger partial charge in [0.25, 0.3) is 0 Å². The van der Waals surface area contributed by atoms with Crippen LogP contribution in [0.25, 0.3) is 0 Å². The zero-order valence-corrected chi connectivity index (χ0v) is 11.1. The topological polar surface area (TPSA) is 21.3 Å². The van der Waals surface area contributed by atoms with Gasteiger partial charge in [-0.2, -0.15) is 0 Å². The summed E-state index contributed by atoms with van der Waals surface area (Å²) < 4.78 is 6.41. The second-order valence-corrected chi connectivity index (χ2v) is 4.73. The van der Waals surface area contributed by atoms with Crippen molar-refractivity contribution in [1.29, 1.82) is 0 Å². The minimum atomic E-state index is 0.531. The smallest absolute Gasteiger partial charge is 0.122 e. The molecule has 0 saturated heterocycles. The van der Waals surface area contributed by atoms with Gasteiger partial charge in [0.1, 0.15) is 5.75 Å². The maximum Gasteiger partial charge on any atom is 0.122 e. The zero-order valence-electron chi connectivity index (χ0n) is 9.51. The molecule has 0 spiro atoms. The Balaban J connectivity index is 2.62. The highest BCUT2D eigenvalue weighted by Gasteiger charge is 2.03. The van der Waals surface area contributed by atoms with Crippen LogP contribution in [-0.4, -0.2) is 19.7 Å². The van der Waals surface area contributed by atoms with Crippen LogP contribution in [0.3, 0.4) is 0 Å². The first-order valence-corrected chi connectivity index (χ1v) is 5.98. The minimum Gasteiger partial charge on any atom is -0.496 e. The van der Waals surface area contributed by atoms with E-state index in [0.717, 1.165) is 23.2 Å². The van der Waals surface area contributed by atoms with Crippen LogP contribution in [0.2, 0.25) is 0 Å². The van der Waals surface area contributed by atoms with Gasteiger partial charge in [0.2, 0.25) is 0 Å². The molecule has 0 aliphatic heterocycles. The molecule has 0 radical (unpaired) electrons. The fraction of sp³-hybridized carbons (Fsp3) is 0.500. The van der Waals surface area contributed by atoms with Crippen LogP contribution in [0.5, 0.6) is 5.75 Å². The highest BCUT2D eigenvalue weighted by atomic mass is 79.9. The number of nitrogens with one attached hydrogen (secondary N) is 1. The van der Waals surface area contributed by atoms with Crippen molar-refractivity contribution in [2.24, 2.45) is 0 Å². The summed E-state index contributed by atoms with van der Waals surface area (Å²) in [6.45, 7) is 5.28. The average molecular weight is 272 g/mol. The van der Waals surface area contributed by atoms with E-state index >= 15 is 0 Å². The third kappa shape index (κ3) is 4.22. The number of hydrogen-bond acceptors (Lipinski definition) is 2. The standard InChI is InChI=1S/C12H18BrNO/c1-9(2)14-7-6-10-8-11(13)4-5-12(10)15-3/h4-5,8-9,14H,6-7H2,1-3H3. The van der Waals surface area contributed by atoms with E-state index in [1.807, 2.05) is 12.1 Å². The van der Waals surface area contributed by atoms with Crippen molar-refractivity contribution in [3.05, 3.63) is 28.2 Å². The van der Waals surface area contributed by atoms with Crippen LogP contribution in [0.4, 0.5) is 0 Å². The molecule has 0 fully saturated rings. The van der Waals surface area contributed by atoms with Crippen molar-refractivity contribution in [2.45, 2.75) is 26.3 Å². The molecule has 15 heavy (non-hydrogen) atoms. The van der Waals surface area contributed by atoms with Crippen molar-refractivity contribution in [1.82, 2.24) is 5.32 Å². The molecule has 1 rings (SSSR count). The molecule has 0 aromatic heterocycles. The molecule has 1 N–H and O–H groups in total. The molecule has 0 amide bonds. The first kappa shape index (κ1) is 12.5. The molecule has 1 aromatic rings. The van der Waals surface area contributed by atoms with Gasteiger partial charge < -0.3 is 10.1 Å². The van der Waals surface area contributed by atoms with E-state index in [2.05, 4.69) is 41.2 Å². The third-order valence-corrected chi connectivity index (χ3v) is 2.68. The third-order valence-electron chi connectivity index (χ3n) is 2.19. The number of benzene rings is 1. The lowest BCUT2D eigenvalue weighted by molar-refractivity contribution is 0.408. The number of hydrogen-bond donors (Lipinski definition) is 1. The second kappa shape index (κ2) is 6.13. The summed E-state index contributed by atoms with van der Waals surface area (Å²) in [5.41, 5.74) is 1.24. The van der Waals surface area contributed by atoms with E-state index < -0.39 is 0 Å². The van der Waals surface area contributed by atoms with Crippen molar-refractivity contribution >= 4 is 15.9 Å². The molecule has 0 bridgehead atoms. The van der Waals surface area contributed by atoms with Crippen molar-refractivity contribution in [3.63, 3.8) is 0 Å². The highest BCUT2D eigenvalue weighted by Crippen LogP contribution is 2.23. The van der Waals surface area contributed by atoms with Crippen molar-refractivity contribution < 1.29 is 4.74 Å². The fourth-order valence-electron chi connectivity index (χ4n) is 1.44. The van der Waals surface area contributed by atoms with E-state index in [1.54, 1.807) is 7.11 Å². The van der Waals surface area contributed by atoms with Gasteiger partial charge in [-0.3, -0.25) is 0 Å². The van der Waals surface area contributed by atoms with Gasteiger partial charge in [0.15, 0.2) is 0 Å².